The molecule has 3 N–H and O–H groups in total. The van der Waals surface area contributed by atoms with Crippen molar-refractivity contribution in [3.05, 3.63) is 0 Å². The molecule has 0 saturated carbocycles. The molecule has 0 aromatic heterocycles. The minimum atomic E-state index is -0.280. The van der Waals surface area contributed by atoms with Gasteiger partial charge in [0.2, 0.25) is 5.91 Å². The van der Waals surface area contributed by atoms with Crippen LogP contribution in [-0.4, -0.2) is 24.5 Å². The van der Waals surface area contributed by atoms with E-state index in [0.717, 1.165) is 32.4 Å². The van der Waals surface area contributed by atoms with Gasteiger partial charge in [-0.2, -0.15) is 0 Å². The number of carbonyl (C=O) groups is 1. The van der Waals surface area contributed by atoms with Gasteiger partial charge in [0.25, 0.3) is 0 Å². The molecular weight excluding hydrogens is 142 g/mol. The standard InChI is InChI=1S/C7H13N3O/c11-6-7(2-1-4-8-6)3-5-9-10-7/h9-10H,1-5H2,(H,8,11). The smallest absolute Gasteiger partial charge is 0.241 e. The van der Waals surface area contributed by atoms with Gasteiger partial charge < -0.3 is 5.32 Å². The third-order valence-electron chi connectivity index (χ3n) is 2.50. The average Bonchev–Trinajstić information content (AvgIpc) is 2.46. The number of carbonyl (C=O) groups excluding carboxylic acids is 1. The molecule has 2 aliphatic heterocycles. The highest BCUT2D eigenvalue weighted by Crippen LogP contribution is 2.22. The maximum Gasteiger partial charge on any atom is 0.241 e. The van der Waals surface area contributed by atoms with Gasteiger partial charge in [-0.15, -0.1) is 0 Å². The lowest BCUT2D eigenvalue weighted by molar-refractivity contribution is -0.129. The Bertz CT molecular complexity index is 175. The van der Waals surface area contributed by atoms with E-state index in [1.54, 1.807) is 0 Å². The minimum Gasteiger partial charge on any atom is -0.354 e. The highest BCUT2D eigenvalue weighted by atomic mass is 16.2. The molecule has 2 aliphatic rings. The fourth-order valence-electron chi connectivity index (χ4n) is 1.80. The van der Waals surface area contributed by atoms with E-state index in [0.29, 0.717) is 0 Å². The SMILES string of the molecule is O=C1NCCCC12CCNN2. The summed E-state index contributed by atoms with van der Waals surface area (Å²) in [5.74, 6) is 0.161. The Morgan fingerprint density at radius 3 is 2.82 bits per heavy atom. The van der Waals surface area contributed by atoms with E-state index in [9.17, 15) is 4.79 Å². The van der Waals surface area contributed by atoms with Crippen molar-refractivity contribution in [1.29, 1.82) is 0 Å². The normalized spacial score (nSPS) is 37.6. The lowest BCUT2D eigenvalue weighted by atomic mass is 9.88. The summed E-state index contributed by atoms with van der Waals surface area (Å²) in [6.07, 6.45) is 2.96. The van der Waals surface area contributed by atoms with Gasteiger partial charge in [0.05, 0.1) is 0 Å². The Hall–Kier alpha value is -0.610. The first kappa shape index (κ1) is 7.06. The van der Waals surface area contributed by atoms with E-state index in [1.165, 1.54) is 0 Å². The largest absolute Gasteiger partial charge is 0.354 e. The molecule has 0 aromatic rings. The Kier molecular flexibility index (Phi) is 1.58. The zero-order valence-corrected chi connectivity index (χ0v) is 6.44. The first-order chi connectivity index (χ1) is 5.33. The fraction of sp³-hybridized carbons (Fsp3) is 0.857. The predicted molar refractivity (Wildman–Crippen MR) is 40.7 cm³/mol. The summed E-state index contributed by atoms with van der Waals surface area (Å²) in [6, 6.07) is 0. The van der Waals surface area contributed by atoms with E-state index >= 15 is 0 Å². The Labute approximate surface area is 65.7 Å². The average molecular weight is 155 g/mol. The molecule has 62 valence electrons. The molecule has 1 spiro atoms. The number of hydrogen-bond acceptors (Lipinski definition) is 3. The molecule has 1 atom stereocenters. The zero-order chi connectivity index (χ0) is 7.73. The summed E-state index contributed by atoms with van der Waals surface area (Å²) in [6.45, 7) is 1.73. The topological polar surface area (TPSA) is 53.2 Å². The molecule has 2 rings (SSSR count). The lowest BCUT2D eigenvalue weighted by Crippen LogP contribution is -2.58. The van der Waals surface area contributed by atoms with Crippen molar-refractivity contribution in [2.45, 2.75) is 24.8 Å². The van der Waals surface area contributed by atoms with Gasteiger partial charge in [0.1, 0.15) is 5.54 Å². The fourth-order valence-corrected chi connectivity index (χ4v) is 1.80. The second kappa shape index (κ2) is 2.46. The molecule has 0 aromatic carbocycles. The molecule has 2 heterocycles. The molecule has 4 nitrogen and oxygen atoms in total. The lowest BCUT2D eigenvalue weighted by Gasteiger charge is -2.31. The van der Waals surface area contributed by atoms with Gasteiger partial charge in [0, 0.05) is 13.1 Å². The molecule has 11 heavy (non-hydrogen) atoms. The molecule has 0 bridgehead atoms. The third kappa shape index (κ3) is 1.02. The van der Waals surface area contributed by atoms with Crippen molar-refractivity contribution < 1.29 is 4.79 Å². The van der Waals surface area contributed by atoms with Crippen molar-refractivity contribution in [3.8, 4) is 0 Å². The molecule has 2 fully saturated rings. The number of hydrogen-bond donors (Lipinski definition) is 3. The van der Waals surface area contributed by atoms with E-state index in [2.05, 4.69) is 16.2 Å². The molecule has 1 amide bonds. The predicted octanol–water partition coefficient (Wildman–Crippen LogP) is -0.867. The van der Waals surface area contributed by atoms with E-state index < -0.39 is 0 Å². The summed E-state index contributed by atoms with van der Waals surface area (Å²) in [5, 5.41) is 2.87. The molecule has 0 aliphatic carbocycles. The molecule has 2 saturated heterocycles. The summed E-state index contributed by atoms with van der Waals surface area (Å²) >= 11 is 0. The number of rotatable bonds is 0. The summed E-state index contributed by atoms with van der Waals surface area (Å²) in [4.78, 5) is 11.4. The monoisotopic (exact) mass is 155 g/mol. The van der Waals surface area contributed by atoms with Gasteiger partial charge in [-0.3, -0.25) is 10.2 Å². The van der Waals surface area contributed by atoms with Crippen molar-refractivity contribution in [2.24, 2.45) is 0 Å². The van der Waals surface area contributed by atoms with Crippen molar-refractivity contribution >= 4 is 5.91 Å². The maximum absolute atomic E-state index is 11.4. The third-order valence-corrected chi connectivity index (χ3v) is 2.50. The van der Waals surface area contributed by atoms with Crippen LogP contribution in [0.25, 0.3) is 0 Å². The Morgan fingerprint density at radius 1 is 1.27 bits per heavy atom. The Morgan fingerprint density at radius 2 is 2.18 bits per heavy atom. The van der Waals surface area contributed by atoms with Crippen LogP contribution >= 0.6 is 0 Å². The van der Waals surface area contributed by atoms with Crippen LogP contribution in [0.15, 0.2) is 0 Å². The van der Waals surface area contributed by atoms with Crippen molar-refractivity contribution in [2.75, 3.05) is 13.1 Å². The first-order valence-electron chi connectivity index (χ1n) is 4.12. The number of nitrogens with one attached hydrogen (secondary N) is 3. The van der Waals surface area contributed by atoms with Crippen LogP contribution in [0.1, 0.15) is 19.3 Å². The quantitative estimate of drug-likeness (QED) is 0.426. The number of amides is 1. The van der Waals surface area contributed by atoms with E-state index in [1.807, 2.05) is 0 Å². The molecule has 4 heteroatoms. The van der Waals surface area contributed by atoms with Gasteiger partial charge in [-0.05, 0) is 19.3 Å². The van der Waals surface area contributed by atoms with Crippen LogP contribution in [0.5, 0.6) is 0 Å². The Balaban J connectivity index is 2.13. The molecule has 0 radical (unpaired) electrons. The highest BCUT2D eigenvalue weighted by Gasteiger charge is 2.42. The van der Waals surface area contributed by atoms with Gasteiger partial charge in [-0.25, -0.2) is 5.43 Å². The minimum absolute atomic E-state index is 0.161. The highest BCUT2D eigenvalue weighted by molar-refractivity contribution is 5.87. The molecular formula is C7H13N3O. The van der Waals surface area contributed by atoms with Crippen LogP contribution in [0, 0.1) is 0 Å². The van der Waals surface area contributed by atoms with Crippen molar-refractivity contribution in [1.82, 2.24) is 16.2 Å². The van der Waals surface area contributed by atoms with Gasteiger partial charge in [0.15, 0.2) is 0 Å². The van der Waals surface area contributed by atoms with Crippen LogP contribution in [0.4, 0.5) is 0 Å². The first-order valence-corrected chi connectivity index (χ1v) is 4.12. The van der Waals surface area contributed by atoms with Crippen molar-refractivity contribution in [3.63, 3.8) is 0 Å². The van der Waals surface area contributed by atoms with Crippen LogP contribution < -0.4 is 16.2 Å². The van der Waals surface area contributed by atoms with Crippen LogP contribution in [0.3, 0.4) is 0 Å². The summed E-state index contributed by atoms with van der Waals surface area (Å²) in [5.41, 5.74) is 5.78. The second-order valence-corrected chi connectivity index (χ2v) is 3.24. The van der Waals surface area contributed by atoms with E-state index in [-0.39, 0.29) is 11.4 Å². The zero-order valence-electron chi connectivity index (χ0n) is 6.44. The van der Waals surface area contributed by atoms with Gasteiger partial charge in [-0.1, -0.05) is 0 Å². The summed E-state index contributed by atoms with van der Waals surface area (Å²) < 4.78 is 0. The summed E-state index contributed by atoms with van der Waals surface area (Å²) in [7, 11) is 0. The second-order valence-electron chi connectivity index (χ2n) is 3.24. The number of piperidine rings is 1. The van der Waals surface area contributed by atoms with E-state index in [4.69, 9.17) is 0 Å². The molecule has 1 unspecified atom stereocenters. The maximum atomic E-state index is 11.4. The van der Waals surface area contributed by atoms with Gasteiger partial charge >= 0.3 is 0 Å². The number of hydrazine groups is 1. The van der Waals surface area contributed by atoms with Crippen LogP contribution in [0.2, 0.25) is 0 Å². The van der Waals surface area contributed by atoms with Crippen LogP contribution in [-0.2, 0) is 4.79 Å².